The highest BCUT2D eigenvalue weighted by Gasteiger charge is 2.06. The second kappa shape index (κ2) is 6.82. The largest absolute Gasteiger partial charge is 0.463 e. The molecule has 1 heterocycles. The number of aromatic nitrogens is 1. The van der Waals surface area contributed by atoms with Gasteiger partial charge in [-0.05, 0) is 25.5 Å². The highest BCUT2D eigenvalue weighted by molar-refractivity contribution is 5.70. The monoisotopic (exact) mass is 222 g/mol. The smallest absolute Gasteiger partial charge is 0.307 e. The summed E-state index contributed by atoms with van der Waals surface area (Å²) in [4.78, 5) is 15.4. The molecule has 0 aliphatic heterocycles. The van der Waals surface area contributed by atoms with E-state index in [2.05, 4.69) is 10.3 Å². The Kier molecular flexibility index (Phi) is 5.32. The van der Waals surface area contributed by atoms with E-state index in [1.54, 1.807) is 6.20 Å². The Hall–Kier alpha value is -1.58. The average Bonchev–Trinajstić information content (AvgIpc) is 2.30. The molecule has 1 aromatic rings. The minimum absolute atomic E-state index is 0.00218. The van der Waals surface area contributed by atoms with Crippen LogP contribution in [-0.4, -0.2) is 23.6 Å². The van der Waals surface area contributed by atoms with Crippen LogP contribution in [0.25, 0.3) is 0 Å². The lowest BCUT2D eigenvalue weighted by atomic mass is 10.3. The van der Waals surface area contributed by atoms with Crippen molar-refractivity contribution in [2.45, 2.75) is 32.8 Å². The van der Waals surface area contributed by atoms with Crippen molar-refractivity contribution >= 4 is 11.8 Å². The van der Waals surface area contributed by atoms with Crippen LogP contribution in [-0.2, 0) is 9.53 Å². The van der Waals surface area contributed by atoms with Gasteiger partial charge in [0.1, 0.15) is 5.82 Å². The van der Waals surface area contributed by atoms with Crippen molar-refractivity contribution in [2.75, 3.05) is 11.9 Å². The molecule has 88 valence electrons. The van der Waals surface area contributed by atoms with Crippen LogP contribution in [0.4, 0.5) is 5.82 Å². The van der Waals surface area contributed by atoms with Gasteiger partial charge >= 0.3 is 5.97 Å². The van der Waals surface area contributed by atoms with Crippen LogP contribution in [0.5, 0.6) is 0 Å². The van der Waals surface area contributed by atoms with E-state index in [4.69, 9.17) is 4.74 Å². The van der Waals surface area contributed by atoms with Crippen LogP contribution in [0, 0.1) is 0 Å². The van der Waals surface area contributed by atoms with Gasteiger partial charge in [-0.25, -0.2) is 4.98 Å². The van der Waals surface area contributed by atoms with Crippen LogP contribution < -0.4 is 5.32 Å². The minimum Gasteiger partial charge on any atom is -0.463 e. The highest BCUT2D eigenvalue weighted by atomic mass is 16.5. The quantitative estimate of drug-likeness (QED) is 0.750. The summed E-state index contributed by atoms with van der Waals surface area (Å²) in [6.07, 6.45) is 2.92. The van der Waals surface area contributed by atoms with Crippen LogP contribution in [0.15, 0.2) is 24.4 Å². The second-order valence-corrected chi connectivity index (χ2v) is 3.60. The van der Waals surface area contributed by atoms with Crippen molar-refractivity contribution in [2.24, 2.45) is 0 Å². The molecule has 0 amide bonds. The first-order valence-corrected chi connectivity index (χ1v) is 5.56. The fraction of sp³-hybridized carbons (Fsp3) is 0.500. The number of carbonyl (C=O) groups excluding carboxylic acids is 1. The summed E-state index contributed by atoms with van der Waals surface area (Å²) in [5.74, 6) is 0.608. The molecular formula is C12H18N2O2. The molecule has 0 bridgehead atoms. The first-order valence-electron chi connectivity index (χ1n) is 5.56. The zero-order valence-corrected chi connectivity index (χ0v) is 9.77. The number of rotatable bonds is 6. The van der Waals surface area contributed by atoms with Crippen LogP contribution in [0.2, 0.25) is 0 Å². The maximum absolute atomic E-state index is 11.3. The van der Waals surface area contributed by atoms with Gasteiger partial charge in [-0.1, -0.05) is 13.0 Å². The van der Waals surface area contributed by atoms with Crippen molar-refractivity contribution in [3.05, 3.63) is 24.4 Å². The lowest BCUT2D eigenvalue weighted by Crippen LogP contribution is -2.17. The lowest BCUT2D eigenvalue weighted by molar-refractivity contribution is -0.147. The maximum atomic E-state index is 11.3. The van der Waals surface area contributed by atoms with E-state index in [0.29, 0.717) is 13.0 Å². The molecule has 1 rings (SSSR count). The Bertz CT molecular complexity index is 314. The van der Waals surface area contributed by atoms with E-state index < -0.39 is 0 Å². The van der Waals surface area contributed by atoms with E-state index in [0.717, 1.165) is 12.2 Å². The number of esters is 1. The third-order valence-corrected chi connectivity index (χ3v) is 2.21. The molecule has 1 N–H and O–H groups in total. The molecule has 0 saturated heterocycles. The zero-order valence-electron chi connectivity index (χ0n) is 9.77. The molecule has 0 aromatic carbocycles. The molecule has 0 saturated carbocycles. The van der Waals surface area contributed by atoms with E-state index >= 15 is 0 Å². The van der Waals surface area contributed by atoms with Gasteiger partial charge in [0.25, 0.3) is 0 Å². The van der Waals surface area contributed by atoms with Crippen molar-refractivity contribution < 1.29 is 9.53 Å². The number of nitrogens with zero attached hydrogens (tertiary/aromatic N) is 1. The number of hydrogen-bond acceptors (Lipinski definition) is 4. The van der Waals surface area contributed by atoms with Crippen molar-refractivity contribution in [1.82, 2.24) is 4.98 Å². The van der Waals surface area contributed by atoms with E-state index in [1.165, 1.54) is 0 Å². The maximum Gasteiger partial charge on any atom is 0.307 e. The Morgan fingerprint density at radius 1 is 1.56 bits per heavy atom. The first kappa shape index (κ1) is 12.5. The molecule has 0 radical (unpaired) electrons. The molecule has 4 nitrogen and oxygen atoms in total. The summed E-state index contributed by atoms with van der Waals surface area (Å²) in [5.41, 5.74) is 0. The van der Waals surface area contributed by atoms with Crippen molar-refractivity contribution in [1.29, 1.82) is 0 Å². The van der Waals surface area contributed by atoms with Gasteiger partial charge in [0.2, 0.25) is 0 Å². The van der Waals surface area contributed by atoms with E-state index in [-0.39, 0.29) is 12.1 Å². The van der Waals surface area contributed by atoms with Crippen LogP contribution in [0.1, 0.15) is 26.7 Å². The Labute approximate surface area is 96.0 Å². The van der Waals surface area contributed by atoms with Crippen LogP contribution in [0.3, 0.4) is 0 Å². The minimum atomic E-state index is -0.169. The second-order valence-electron chi connectivity index (χ2n) is 3.60. The number of pyridine rings is 1. The van der Waals surface area contributed by atoms with Crippen LogP contribution >= 0.6 is 0 Å². The fourth-order valence-electron chi connectivity index (χ4n) is 1.13. The Morgan fingerprint density at radius 2 is 2.38 bits per heavy atom. The summed E-state index contributed by atoms with van der Waals surface area (Å²) in [6, 6.07) is 5.61. The van der Waals surface area contributed by atoms with Gasteiger partial charge in [-0.15, -0.1) is 0 Å². The summed E-state index contributed by atoms with van der Waals surface area (Å²) in [6.45, 7) is 4.43. The number of nitrogens with one attached hydrogen (secondary N) is 1. The third kappa shape index (κ3) is 4.77. The molecule has 1 atom stereocenters. The molecule has 1 aromatic heterocycles. The summed E-state index contributed by atoms with van der Waals surface area (Å²) < 4.78 is 5.14. The van der Waals surface area contributed by atoms with E-state index in [1.807, 2.05) is 32.0 Å². The highest BCUT2D eigenvalue weighted by Crippen LogP contribution is 2.01. The standard InChI is InChI=1S/C12H18N2O2/c1-3-10(2)16-12(15)7-9-14-11-6-4-5-8-13-11/h4-6,8,10H,3,7,9H2,1-2H3,(H,13,14). The predicted molar refractivity (Wildman–Crippen MR) is 63.2 cm³/mol. The Balaban J connectivity index is 2.18. The SMILES string of the molecule is CCC(C)OC(=O)CCNc1ccccn1. The van der Waals surface area contributed by atoms with Crippen molar-refractivity contribution in [3.63, 3.8) is 0 Å². The van der Waals surface area contributed by atoms with Gasteiger partial charge in [-0.3, -0.25) is 4.79 Å². The van der Waals surface area contributed by atoms with Gasteiger partial charge in [0, 0.05) is 12.7 Å². The van der Waals surface area contributed by atoms with Gasteiger partial charge in [0.05, 0.1) is 12.5 Å². The number of ether oxygens (including phenoxy) is 1. The average molecular weight is 222 g/mol. The summed E-state index contributed by atoms with van der Waals surface area (Å²) in [7, 11) is 0. The van der Waals surface area contributed by atoms with Crippen molar-refractivity contribution in [3.8, 4) is 0 Å². The zero-order chi connectivity index (χ0) is 11.8. The fourth-order valence-corrected chi connectivity index (χ4v) is 1.13. The molecule has 0 fully saturated rings. The number of hydrogen-bond donors (Lipinski definition) is 1. The van der Waals surface area contributed by atoms with Gasteiger partial charge < -0.3 is 10.1 Å². The molecule has 0 aliphatic rings. The molecule has 0 spiro atoms. The predicted octanol–water partition coefficient (Wildman–Crippen LogP) is 2.23. The summed E-state index contributed by atoms with van der Waals surface area (Å²) >= 11 is 0. The van der Waals surface area contributed by atoms with E-state index in [9.17, 15) is 4.79 Å². The molecule has 16 heavy (non-hydrogen) atoms. The number of anilines is 1. The molecule has 4 heteroatoms. The number of carbonyl (C=O) groups is 1. The normalized spacial score (nSPS) is 11.9. The Morgan fingerprint density at radius 3 is 3.00 bits per heavy atom. The topological polar surface area (TPSA) is 51.2 Å². The van der Waals surface area contributed by atoms with Gasteiger partial charge in [-0.2, -0.15) is 0 Å². The third-order valence-electron chi connectivity index (χ3n) is 2.21. The summed E-state index contributed by atoms with van der Waals surface area (Å²) in [5, 5.41) is 3.05. The van der Waals surface area contributed by atoms with Gasteiger partial charge in [0.15, 0.2) is 0 Å². The first-order chi connectivity index (χ1) is 7.72. The molecular weight excluding hydrogens is 204 g/mol. The molecule has 1 unspecified atom stereocenters. The molecule has 0 aliphatic carbocycles. The lowest BCUT2D eigenvalue weighted by Gasteiger charge is -2.11.